The van der Waals surface area contributed by atoms with Crippen molar-refractivity contribution in [1.82, 2.24) is 0 Å². The molecule has 0 aliphatic heterocycles. The molecule has 1 unspecified atom stereocenters. The lowest BCUT2D eigenvalue weighted by molar-refractivity contribution is -0.166. The Hall–Kier alpha value is -4.71. The molecule has 6 nitrogen and oxygen atoms in total. The van der Waals surface area contributed by atoms with E-state index in [1.165, 1.54) is 70.6 Å². The van der Waals surface area contributed by atoms with Gasteiger partial charge in [-0.25, -0.2) is 0 Å². The highest BCUT2D eigenvalue weighted by atomic mass is 16.6. The van der Waals surface area contributed by atoms with Crippen LogP contribution in [0, 0.1) is 0 Å². The van der Waals surface area contributed by atoms with Gasteiger partial charge in [0.25, 0.3) is 0 Å². The van der Waals surface area contributed by atoms with Crippen LogP contribution in [0.4, 0.5) is 0 Å². The van der Waals surface area contributed by atoms with E-state index in [9.17, 15) is 14.4 Å². The van der Waals surface area contributed by atoms with Gasteiger partial charge in [-0.3, -0.25) is 14.4 Å². The Morgan fingerprint density at radius 1 is 0.301 bits per heavy atom. The van der Waals surface area contributed by atoms with Crippen molar-refractivity contribution in [3.63, 3.8) is 0 Å². The number of rotatable bonds is 51. The molecular weight excluding hydrogens is 901 g/mol. The summed E-state index contributed by atoms with van der Waals surface area (Å²) in [5.41, 5.74) is 0. The maximum absolute atomic E-state index is 12.9. The molecule has 0 aliphatic carbocycles. The molecule has 0 rings (SSSR count). The van der Waals surface area contributed by atoms with Crippen molar-refractivity contribution in [3.05, 3.63) is 146 Å². The number of allylic oxidation sites excluding steroid dienone is 23. The number of esters is 3. The smallest absolute Gasteiger partial charge is 0.309 e. The lowest BCUT2D eigenvalue weighted by Gasteiger charge is -2.18. The highest BCUT2D eigenvalue weighted by molar-refractivity contribution is 5.72. The molecule has 0 saturated heterocycles. The highest BCUT2D eigenvalue weighted by Crippen LogP contribution is 2.14. The normalized spacial score (nSPS) is 13.2. The first-order chi connectivity index (χ1) is 36.0. The van der Waals surface area contributed by atoms with Gasteiger partial charge in [0.1, 0.15) is 13.2 Å². The van der Waals surface area contributed by atoms with Gasteiger partial charge in [0.15, 0.2) is 6.10 Å². The van der Waals surface area contributed by atoms with Crippen molar-refractivity contribution < 1.29 is 28.6 Å². The van der Waals surface area contributed by atoms with Gasteiger partial charge in [-0.05, 0) is 122 Å². The van der Waals surface area contributed by atoms with Gasteiger partial charge in [-0.15, -0.1) is 0 Å². The maximum Gasteiger partial charge on any atom is 0.309 e. The van der Waals surface area contributed by atoms with Crippen LogP contribution in [0.15, 0.2) is 146 Å². The molecule has 0 saturated carbocycles. The van der Waals surface area contributed by atoms with Crippen LogP contribution in [0.3, 0.4) is 0 Å². The predicted octanol–water partition coefficient (Wildman–Crippen LogP) is 20.0. The Labute approximate surface area is 448 Å². The molecule has 0 aromatic carbocycles. The van der Waals surface area contributed by atoms with Crippen LogP contribution >= 0.6 is 0 Å². The molecule has 0 aliphatic rings. The van der Waals surface area contributed by atoms with Gasteiger partial charge in [-0.1, -0.05) is 244 Å². The molecule has 0 fully saturated rings. The zero-order valence-corrected chi connectivity index (χ0v) is 46.8. The van der Waals surface area contributed by atoms with Crippen molar-refractivity contribution in [2.45, 2.75) is 245 Å². The molecule has 410 valence electrons. The largest absolute Gasteiger partial charge is 0.462 e. The topological polar surface area (TPSA) is 78.9 Å². The number of ether oxygens (including phenoxy) is 3. The maximum atomic E-state index is 12.9. The van der Waals surface area contributed by atoms with Crippen LogP contribution in [-0.2, 0) is 28.6 Å². The minimum Gasteiger partial charge on any atom is -0.462 e. The number of hydrogen-bond donors (Lipinski definition) is 0. The summed E-state index contributed by atoms with van der Waals surface area (Å²) in [6, 6.07) is 0. The van der Waals surface area contributed by atoms with Crippen LogP contribution in [0.25, 0.3) is 0 Å². The summed E-state index contributed by atoms with van der Waals surface area (Å²) < 4.78 is 16.8. The number of carbonyl (C=O) groups excluding carboxylic acids is 3. The standard InChI is InChI=1S/C67H106O6/c1-4-7-10-13-16-19-22-25-28-30-31-32-33-34-35-37-39-42-45-48-51-54-57-60-66(69)72-63-64(62-71-65(68)59-56-53-50-47-44-41-38-27-24-21-18-15-12-9-6-3)73-67(70)61-58-55-52-49-46-43-40-36-29-26-23-20-17-14-11-8-5-2/h7,9-10,12,16-21,25-29,31-32,34-35,38,44,47,53,56,64H,4-6,8,11,13-15,22-24,30,33,36-37,39-43,45-46,48-52,54-55,57-63H2,1-3H3/b10-7-,12-9-,19-16-,20-17-,21-18-,28-25-,29-26-,32-31-,35-34-,38-27-,47-44-,56-53-. The SMILES string of the molecule is CC/C=C\C/C=C\C/C=C\C/C=C\C/C=C\CCCCCCCCCC(=O)OCC(COC(=O)C/C=C\C/C=C\C/C=C\C/C=C\C/C=C\CC)OC(=O)CCCCCCCCC/C=C\C/C=C\CCCCC. The molecule has 6 heteroatoms. The van der Waals surface area contributed by atoms with Gasteiger partial charge in [0, 0.05) is 12.8 Å². The molecular formula is C67H106O6. The van der Waals surface area contributed by atoms with Crippen LogP contribution in [0.1, 0.15) is 239 Å². The fourth-order valence-corrected chi connectivity index (χ4v) is 7.51. The summed E-state index contributed by atoms with van der Waals surface area (Å²) in [7, 11) is 0. The Kier molecular flexibility index (Phi) is 56.0. The van der Waals surface area contributed by atoms with E-state index in [1.807, 2.05) is 6.08 Å². The summed E-state index contributed by atoms with van der Waals surface area (Å²) in [6.07, 6.45) is 85.7. The zero-order valence-electron chi connectivity index (χ0n) is 46.8. The second kappa shape index (κ2) is 59.8. The molecule has 0 aromatic heterocycles. The fraction of sp³-hybridized carbons (Fsp3) is 0.597. The van der Waals surface area contributed by atoms with E-state index in [-0.39, 0.29) is 31.6 Å². The van der Waals surface area contributed by atoms with E-state index >= 15 is 0 Å². The van der Waals surface area contributed by atoms with Crippen molar-refractivity contribution >= 4 is 17.9 Å². The minimum absolute atomic E-state index is 0.117. The van der Waals surface area contributed by atoms with Crippen molar-refractivity contribution in [1.29, 1.82) is 0 Å². The third-order valence-electron chi connectivity index (χ3n) is 11.8. The van der Waals surface area contributed by atoms with Crippen LogP contribution in [0.2, 0.25) is 0 Å². The lowest BCUT2D eigenvalue weighted by Crippen LogP contribution is -2.30. The van der Waals surface area contributed by atoms with Crippen molar-refractivity contribution in [2.75, 3.05) is 13.2 Å². The fourth-order valence-electron chi connectivity index (χ4n) is 7.51. The third-order valence-corrected chi connectivity index (χ3v) is 11.8. The third kappa shape index (κ3) is 58.1. The van der Waals surface area contributed by atoms with Gasteiger partial charge < -0.3 is 14.2 Å². The average molecular weight is 1010 g/mol. The molecule has 0 N–H and O–H groups in total. The average Bonchev–Trinajstić information content (AvgIpc) is 3.39. The molecule has 0 amide bonds. The molecule has 0 bridgehead atoms. The van der Waals surface area contributed by atoms with Crippen LogP contribution in [0.5, 0.6) is 0 Å². The first-order valence-electron chi connectivity index (χ1n) is 29.3. The summed E-state index contributed by atoms with van der Waals surface area (Å²) in [5, 5.41) is 0. The monoisotopic (exact) mass is 1010 g/mol. The van der Waals surface area contributed by atoms with E-state index in [0.717, 1.165) is 128 Å². The quantitative estimate of drug-likeness (QED) is 0.0261. The van der Waals surface area contributed by atoms with E-state index in [4.69, 9.17) is 14.2 Å². The molecule has 1 atom stereocenters. The summed E-state index contributed by atoms with van der Waals surface area (Å²) in [6.45, 7) is 6.27. The summed E-state index contributed by atoms with van der Waals surface area (Å²) in [4.78, 5) is 38.1. The first-order valence-corrected chi connectivity index (χ1v) is 29.3. The van der Waals surface area contributed by atoms with E-state index < -0.39 is 12.1 Å². The van der Waals surface area contributed by atoms with E-state index in [1.54, 1.807) is 6.08 Å². The molecule has 0 aromatic rings. The van der Waals surface area contributed by atoms with Gasteiger partial charge in [0.2, 0.25) is 0 Å². The van der Waals surface area contributed by atoms with Crippen LogP contribution < -0.4 is 0 Å². The van der Waals surface area contributed by atoms with E-state index in [2.05, 4.69) is 154 Å². The molecule has 0 radical (unpaired) electrons. The van der Waals surface area contributed by atoms with Gasteiger partial charge in [-0.2, -0.15) is 0 Å². The number of unbranched alkanes of at least 4 members (excludes halogenated alkanes) is 17. The molecule has 0 heterocycles. The Morgan fingerprint density at radius 3 is 0.959 bits per heavy atom. The van der Waals surface area contributed by atoms with Crippen molar-refractivity contribution in [3.8, 4) is 0 Å². The Bertz CT molecular complexity index is 1630. The van der Waals surface area contributed by atoms with Gasteiger partial charge in [0.05, 0.1) is 6.42 Å². The summed E-state index contributed by atoms with van der Waals surface area (Å²) in [5.74, 6) is -1.08. The second-order valence-corrected chi connectivity index (χ2v) is 18.8. The highest BCUT2D eigenvalue weighted by Gasteiger charge is 2.19. The van der Waals surface area contributed by atoms with Crippen molar-refractivity contribution in [2.24, 2.45) is 0 Å². The number of carbonyl (C=O) groups is 3. The lowest BCUT2D eigenvalue weighted by atomic mass is 10.1. The Balaban J connectivity index is 4.51. The van der Waals surface area contributed by atoms with E-state index in [0.29, 0.717) is 12.8 Å². The second-order valence-electron chi connectivity index (χ2n) is 18.8. The number of hydrogen-bond acceptors (Lipinski definition) is 6. The zero-order chi connectivity index (χ0) is 52.9. The van der Waals surface area contributed by atoms with Crippen LogP contribution in [-0.4, -0.2) is 37.2 Å². The first kappa shape index (κ1) is 68.3. The minimum atomic E-state index is -0.834. The molecule has 73 heavy (non-hydrogen) atoms. The predicted molar refractivity (Wildman–Crippen MR) is 315 cm³/mol. The summed E-state index contributed by atoms with van der Waals surface area (Å²) >= 11 is 0. The van der Waals surface area contributed by atoms with Gasteiger partial charge >= 0.3 is 17.9 Å². The Morgan fingerprint density at radius 2 is 0.589 bits per heavy atom. The molecule has 0 spiro atoms.